The standard InChI is InChI=1S/C17H21N3O3/c1-13(21)20(9-7-14-5-3-2-4-6-14)11-16-18-17(19-23-16)15-8-10-22-12-15/h2-6,15H,7-12H2,1H3/t15-/m1/s1. The molecule has 1 aromatic heterocycles. The quantitative estimate of drug-likeness (QED) is 0.817. The number of nitrogens with zero attached hydrogens (tertiary/aromatic N) is 3. The van der Waals surface area contributed by atoms with E-state index in [-0.39, 0.29) is 11.8 Å². The summed E-state index contributed by atoms with van der Waals surface area (Å²) in [5.74, 6) is 1.38. The van der Waals surface area contributed by atoms with Gasteiger partial charge in [0.15, 0.2) is 5.82 Å². The Morgan fingerprint density at radius 2 is 2.17 bits per heavy atom. The van der Waals surface area contributed by atoms with Crippen LogP contribution in [0.15, 0.2) is 34.9 Å². The van der Waals surface area contributed by atoms with Crippen LogP contribution >= 0.6 is 0 Å². The molecule has 2 aromatic rings. The fourth-order valence-electron chi connectivity index (χ4n) is 2.66. The van der Waals surface area contributed by atoms with Gasteiger partial charge in [-0.1, -0.05) is 35.5 Å². The zero-order valence-corrected chi connectivity index (χ0v) is 13.3. The van der Waals surface area contributed by atoms with Gasteiger partial charge in [0.05, 0.1) is 13.2 Å². The maximum absolute atomic E-state index is 11.8. The summed E-state index contributed by atoms with van der Waals surface area (Å²) in [5.41, 5.74) is 1.20. The molecule has 23 heavy (non-hydrogen) atoms. The number of hydrogen-bond donors (Lipinski definition) is 0. The van der Waals surface area contributed by atoms with E-state index in [2.05, 4.69) is 22.3 Å². The zero-order valence-electron chi connectivity index (χ0n) is 13.3. The summed E-state index contributed by atoms with van der Waals surface area (Å²) in [5, 5.41) is 4.02. The molecular formula is C17H21N3O3. The van der Waals surface area contributed by atoms with Crippen molar-refractivity contribution in [3.63, 3.8) is 0 Å². The second-order valence-electron chi connectivity index (χ2n) is 5.78. The van der Waals surface area contributed by atoms with Gasteiger partial charge in [0.2, 0.25) is 11.8 Å². The Morgan fingerprint density at radius 1 is 1.35 bits per heavy atom. The lowest BCUT2D eigenvalue weighted by atomic mass is 10.1. The van der Waals surface area contributed by atoms with Crippen LogP contribution in [0.25, 0.3) is 0 Å². The molecule has 1 aromatic carbocycles. The van der Waals surface area contributed by atoms with Crippen LogP contribution in [0.4, 0.5) is 0 Å². The van der Waals surface area contributed by atoms with Crippen molar-refractivity contribution in [3.8, 4) is 0 Å². The Labute approximate surface area is 135 Å². The summed E-state index contributed by atoms with van der Waals surface area (Å²) in [6, 6.07) is 10.1. The number of ether oxygens (including phenoxy) is 1. The normalized spacial score (nSPS) is 17.3. The van der Waals surface area contributed by atoms with Crippen molar-refractivity contribution in [2.45, 2.75) is 32.2 Å². The topological polar surface area (TPSA) is 68.5 Å². The van der Waals surface area contributed by atoms with Gasteiger partial charge in [-0.3, -0.25) is 4.79 Å². The predicted octanol–water partition coefficient (Wildman–Crippen LogP) is 2.16. The SMILES string of the molecule is CC(=O)N(CCc1ccccc1)Cc1nc([C@@H]2CCOC2)no1. The molecule has 1 fully saturated rings. The highest BCUT2D eigenvalue weighted by Crippen LogP contribution is 2.22. The molecule has 1 atom stereocenters. The summed E-state index contributed by atoms with van der Waals surface area (Å²) >= 11 is 0. The first-order chi connectivity index (χ1) is 11.2. The molecule has 2 heterocycles. The van der Waals surface area contributed by atoms with Crippen LogP contribution in [-0.2, 0) is 22.5 Å². The molecule has 0 unspecified atom stereocenters. The van der Waals surface area contributed by atoms with Gasteiger partial charge in [-0.15, -0.1) is 0 Å². The fourth-order valence-corrected chi connectivity index (χ4v) is 2.66. The summed E-state index contributed by atoms with van der Waals surface area (Å²) in [4.78, 5) is 18.0. The number of amides is 1. The van der Waals surface area contributed by atoms with Gasteiger partial charge in [-0.25, -0.2) is 0 Å². The average molecular weight is 315 g/mol. The Balaban J connectivity index is 1.59. The third kappa shape index (κ3) is 4.16. The van der Waals surface area contributed by atoms with Crippen molar-refractivity contribution in [1.29, 1.82) is 0 Å². The lowest BCUT2D eigenvalue weighted by Crippen LogP contribution is -2.30. The second kappa shape index (κ2) is 7.37. The third-order valence-electron chi connectivity index (χ3n) is 4.06. The maximum atomic E-state index is 11.8. The van der Waals surface area contributed by atoms with Crippen LogP contribution in [0.1, 0.15) is 36.5 Å². The smallest absolute Gasteiger partial charge is 0.246 e. The van der Waals surface area contributed by atoms with Crippen molar-refractivity contribution in [1.82, 2.24) is 15.0 Å². The minimum absolute atomic E-state index is 0.00452. The number of carbonyl (C=O) groups is 1. The molecule has 0 radical (unpaired) electrons. The molecule has 0 bridgehead atoms. The van der Waals surface area contributed by atoms with Crippen LogP contribution < -0.4 is 0 Å². The van der Waals surface area contributed by atoms with E-state index in [9.17, 15) is 4.79 Å². The van der Waals surface area contributed by atoms with Crippen LogP contribution in [0, 0.1) is 0 Å². The average Bonchev–Trinajstić information content (AvgIpc) is 3.23. The van der Waals surface area contributed by atoms with Gasteiger partial charge in [0, 0.05) is 26.0 Å². The minimum Gasteiger partial charge on any atom is -0.381 e. The van der Waals surface area contributed by atoms with Gasteiger partial charge in [-0.05, 0) is 18.4 Å². The van der Waals surface area contributed by atoms with Crippen LogP contribution in [-0.4, -0.2) is 40.7 Å². The van der Waals surface area contributed by atoms with E-state index < -0.39 is 0 Å². The number of benzene rings is 1. The molecule has 6 nitrogen and oxygen atoms in total. The van der Waals surface area contributed by atoms with Crippen molar-refractivity contribution in [3.05, 3.63) is 47.6 Å². The molecule has 0 saturated carbocycles. The van der Waals surface area contributed by atoms with Gasteiger partial charge >= 0.3 is 0 Å². The highest BCUT2D eigenvalue weighted by Gasteiger charge is 2.24. The molecule has 1 aliphatic heterocycles. The van der Waals surface area contributed by atoms with Crippen molar-refractivity contribution < 1.29 is 14.1 Å². The predicted molar refractivity (Wildman–Crippen MR) is 83.7 cm³/mol. The molecule has 3 rings (SSSR count). The van der Waals surface area contributed by atoms with E-state index in [0.717, 1.165) is 19.4 Å². The molecule has 122 valence electrons. The lowest BCUT2D eigenvalue weighted by Gasteiger charge is -2.18. The van der Waals surface area contributed by atoms with Crippen molar-refractivity contribution in [2.24, 2.45) is 0 Å². The van der Waals surface area contributed by atoms with E-state index in [1.165, 1.54) is 5.56 Å². The Kier molecular flexibility index (Phi) is 5.02. The van der Waals surface area contributed by atoms with Crippen LogP contribution in [0.2, 0.25) is 0 Å². The second-order valence-corrected chi connectivity index (χ2v) is 5.78. The molecule has 1 saturated heterocycles. The zero-order chi connectivity index (χ0) is 16.1. The molecular weight excluding hydrogens is 294 g/mol. The van der Waals surface area contributed by atoms with E-state index >= 15 is 0 Å². The van der Waals surface area contributed by atoms with Gasteiger partial charge < -0.3 is 14.2 Å². The lowest BCUT2D eigenvalue weighted by molar-refractivity contribution is -0.129. The highest BCUT2D eigenvalue weighted by atomic mass is 16.5. The van der Waals surface area contributed by atoms with Crippen molar-refractivity contribution in [2.75, 3.05) is 19.8 Å². The molecule has 0 spiro atoms. The first-order valence-corrected chi connectivity index (χ1v) is 7.92. The number of aromatic nitrogens is 2. The van der Waals surface area contributed by atoms with Gasteiger partial charge in [0.1, 0.15) is 0 Å². The largest absolute Gasteiger partial charge is 0.381 e. The van der Waals surface area contributed by atoms with E-state index in [4.69, 9.17) is 9.26 Å². The van der Waals surface area contributed by atoms with Gasteiger partial charge in [-0.2, -0.15) is 4.98 Å². The van der Waals surface area contributed by atoms with Gasteiger partial charge in [0.25, 0.3) is 0 Å². The Hall–Kier alpha value is -2.21. The maximum Gasteiger partial charge on any atom is 0.246 e. The first kappa shape index (κ1) is 15.7. The summed E-state index contributed by atoms with van der Waals surface area (Å²) in [7, 11) is 0. The molecule has 0 N–H and O–H groups in total. The highest BCUT2D eigenvalue weighted by molar-refractivity contribution is 5.73. The first-order valence-electron chi connectivity index (χ1n) is 7.92. The van der Waals surface area contributed by atoms with E-state index in [1.54, 1.807) is 11.8 Å². The molecule has 0 aliphatic carbocycles. The monoisotopic (exact) mass is 315 g/mol. The number of hydrogen-bond acceptors (Lipinski definition) is 5. The number of rotatable bonds is 6. The summed E-state index contributed by atoms with van der Waals surface area (Å²) < 4.78 is 10.6. The molecule has 6 heteroatoms. The minimum atomic E-state index is 0.00452. The Bertz CT molecular complexity index is 636. The van der Waals surface area contributed by atoms with Crippen molar-refractivity contribution >= 4 is 5.91 Å². The number of carbonyl (C=O) groups excluding carboxylic acids is 1. The summed E-state index contributed by atoms with van der Waals surface area (Å²) in [6.07, 6.45) is 1.72. The van der Waals surface area contributed by atoms with E-state index in [1.807, 2.05) is 18.2 Å². The Morgan fingerprint density at radius 3 is 2.87 bits per heavy atom. The molecule has 1 aliphatic rings. The fraction of sp³-hybridized carbons (Fsp3) is 0.471. The summed E-state index contributed by atoms with van der Waals surface area (Å²) in [6.45, 7) is 3.92. The van der Waals surface area contributed by atoms with Crippen LogP contribution in [0.5, 0.6) is 0 Å². The molecule has 1 amide bonds. The third-order valence-corrected chi connectivity index (χ3v) is 4.06. The van der Waals surface area contributed by atoms with E-state index in [0.29, 0.717) is 31.4 Å². The van der Waals surface area contributed by atoms with Crippen LogP contribution in [0.3, 0.4) is 0 Å².